The van der Waals surface area contributed by atoms with Gasteiger partial charge in [-0.2, -0.15) is 0 Å². The topological polar surface area (TPSA) is 29.5 Å². The van der Waals surface area contributed by atoms with E-state index in [1.165, 1.54) is 38.5 Å². The molecule has 1 heterocycles. The van der Waals surface area contributed by atoms with Crippen LogP contribution in [0.3, 0.4) is 0 Å². The van der Waals surface area contributed by atoms with E-state index in [4.69, 9.17) is 4.74 Å². The van der Waals surface area contributed by atoms with Crippen LogP contribution < -0.4 is 0 Å². The van der Waals surface area contributed by atoms with Gasteiger partial charge in [-0.1, -0.05) is 48.6 Å². The lowest BCUT2D eigenvalue weighted by atomic mass is 9.76. The maximum Gasteiger partial charge on any atom is 0.0756 e. The van der Waals surface area contributed by atoms with Crippen molar-refractivity contribution in [2.45, 2.75) is 81.3 Å². The normalized spacial score (nSPS) is 36.4. The summed E-state index contributed by atoms with van der Waals surface area (Å²) in [5.41, 5.74) is 0. The summed E-state index contributed by atoms with van der Waals surface area (Å²) in [4.78, 5) is 0. The molecule has 22 heavy (non-hydrogen) atoms. The van der Waals surface area contributed by atoms with Crippen molar-refractivity contribution in [2.24, 2.45) is 17.8 Å². The van der Waals surface area contributed by atoms with Gasteiger partial charge >= 0.3 is 0 Å². The molecule has 2 aliphatic rings. The second kappa shape index (κ2) is 9.63. The van der Waals surface area contributed by atoms with E-state index in [0.29, 0.717) is 12.0 Å². The summed E-state index contributed by atoms with van der Waals surface area (Å²) in [6.45, 7) is 5.52. The average molecular weight is 420 g/mol. The van der Waals surface area contributed by atoms with Crippen molar-refractivity contribution in [3.8, 4) is 0 Å². The molecule has 4 atom stereocenters. The van der Waals surface area contributed by atoms with Gasteiger partial charge in [0.1, 0.15) is 0 Å². The molecule has 2 fully saturated rings. The molecule has 1 aliphatic heterocycles. The number of rotatable bonds is 6. The van der Waals surface area contributed by atoms with Crippen molar-refractivity contribution in [1.29, 1.82) is 0 Å². The fraction of sp³-hybridized carbons (Fsp3) is 0.895. The predicted octanol–water partition coefficient (Wildman–Crippen LogP) is 5.13. The number of halogens is 1. The summed E-state index contributed by atoms with van der Waals surface area (Å²) in [5, 5.41) is 9.63. The predicted molar refractivity (Wildman–Crippen MR) is 101 cm³/mol. The summed E-state index contributed by atoms with van der Waals surface area (Å²) < 4.78 is 6.87. The van der Waals surface area contributed by atoms with Crippen LogP contribution in [0.4, 0.5) is 0 Å². The van der Waals surface area contributed by atoms with E-state index >= 15 is 0 Å². The highest BCUT2D eigenvalue weighted by atomic mass is 127. The van der Waals surface area contributed by atoms with Crippen LogP contribution in [0.25, 0.3) is 0 Å². The second-order valence-electron chi connectivity index (χ2n) is 7.50. The molecule has 1 saturated carbocycles. The molecule has 2 nitrogen and oxygen atoms in total. The van der Waals surface area contributed by atoms with Crippen LogP contribution >= 0.6 is 22.6 Å². The second-order valence-corrected chi connectivity index (χ2v) is 9.62. The Bertz CT molecular complexity index is 326. The molecule has 0 aromatic rings. The van der Waals surface area contributed by atoms with Gasteiger partial charge in [0, 0.05) is 3.92 Å². The third-order valence-corrected chi connectivity index (χ3v) is 6.05. The molecule has 3 heteroatoms. The maximum atomic E-state index is 9.63. The molecule has 1 saturated heterocycles. The van der Waals surface area contributed by atoms with E-state index in [2.05, 4.69) is 48.6 Å². The van der Waals surface area contributed by atoms with E-state index in [0.717, 1.165) is 35.2 Å². The smallest absolute Gasteiger partial charge is 0.0756 e. The van der Waals surface area contributed by atoms with E-state index in [1.54, 1.807) is 0 Å². The molecular weight excluding hydrogens is 387 g/mol. The molecule has 4 unspecified atom stereocenters. The SMILES string of the molecule is CC(I)CCC(C)/C=C/C1CCC(C2CCC(O)CC2)CO1. The number of aliphatic hydroxyl groups excluding tert-OH is 1. The number of hydrogen-bond acceptors (Lipinski definition) is 2. The minimum Gasteiger partial charge on any atom is -0.393 e. The van der Waals surface area contributed by atoms with Crippen LogP contribution in [0.15, 0.2) is 12.2 Å². The van der Waals surface area contributed by atoms with Gasteiger partial charge in [0.15, 0.2) is 0 Å². The van der Waals surface area contributed by atoms with E-state index in [9.17, 15) is 5.11 Å². The lowest BCUT2D eigenvalue weighted by Crippen LogP contribution is -2.32. The summed E-state index contributed by atoms with van der Waals surface area (Å²) in [7, 11) is 0. The monoisotopic (exact) mass is 420 g/mol. The van der Waals surface area contributed by atoms with Crippen LogP contribution in [-0.2, 0) is 4.74 Å². The number of ether oxygens (including phenoxy) is 1. The van der Waals surface area contributed by atoms with Crippen molar-refractivity contribution in [3.05, 3.63) is 12.2 Å². The zero-order valence-electron chi connectivity index (χ0n) is 14.2. The lowest BCUT2D eigenvalue weighted by molar-refractivity contribution is -0.0223. The standard InChI is InChI=1S/C19H33IO2/c1-14(3-5-15(2)20)4-11-19-12-8-17(13-22-19)16-6-9-18(21)10-7-16/h4,11,14-19,21H,3,5-10,12-13H2,1-2H3/b11-4+. The Hall–Kier alpha value is 0.390. The van der Waals surface area contributed by atoms with E-state index in [-0.39, 0.29) is 6.10 Å². The molecule has 0 spiro atoms. The first-order valence-electron chi connectivity index (χ1n) is 9.16. The van der Waals surface area contributed by atoms with Crippen LogP contribution in [0.5, 0.6) is 0 Å². The molecule has 0 aromatic heterocycles. The van der Waals surface area contributed by atoms with Crippen LogP contribution in [0.2, 0.25) is 0 Å². The third-order valence-electron chi connectivity index (χ3n) is 5.43. The first kappa shape index (κ1) is 18.7. The fourth-order valence-electron chi connectivity index (χ4n) is 3.79. The largest absolute Gasteiger partial charge is 0.393 e. The first-order valence-corrected chi connectivity index (χ1v) is 10.4. The van der Waals surface area contributed by atoms with E-state index < -0.39 is 0 Å². The summed E-state index contributed by atoms with van der Waals surface area (Å²) in [6.07, 6.45) is 14.4. The van der Waals surface area contributed by atoms with Gasteiger partial charge in [-0.3, -0.25) is 0 Å². The van der Waals surface area contributed by atoms with Crippen LogP contribution in [0, 0.1) is 17.8 Å². The molecule has 128 valence electrons. The van der Waals surface area contributed by atoms with Gasteiger partial charge in [0.2, 0.25) is 0 Å². The first-order chi connectivity index (χ1) is 10.5. The van der Waals surface area contributed by atoms with Gasteiger partial charge in [-0.05, 0) is 69.1 Å². The Kier molecular flexibility index (Phi) is 8.20. The Balaban J connectivity index is 1.66. The summed E-state index contributed by atoms with van der Waals surface area (Å²) in [6, 6.07) is 0. The van der Waals surface area contributed by atoms with Crippen molar-refractivity contribution in [1.82, 2.24) is 0 Å². The Morgan fingerprint density at radius 1 is 1.05 bits per heavy atom. The molecule has 2 rings (SSSR count). The van der Waals surface area contributed by atoms with Crippen LogP contribution in [-0.4, -0.2) is 27.8 Å². The zero-order chi connectivity index (χ0) is 15.9. The minimum absolute atomic E-state index is 0.0387. The highest BCUT2D eigenvalue weighted by Crippen LogP contribution is 2.35. The molecule has 0 bridgehead atoms. The summed E-state index contributed by atoms with van der Waals surface area (Å²) >= 11 is 2.51. The Morgan fingerprint density at radius 3 is 2.32 bits per heavy atom. The number of aliphatic hydroxyl groups is 1. The van der Waals surface area contributed by atoms with Gasteiger partial charge in [-0.15, -0.1) is 0 Å². The fourth-order valence-corrected chi connectivity index (χ4v) is 4.15. The number of hydrogen-bond donors (Lipinski definition) is 1. The highest BCUT2D eigenvalue weighted by molar-refractivity contribution is 14.1. The van der Waals surface area contributed by atoms with Crippen molar-refractivity contribution < 1.29 is 9.84 Å². The lowest BCUT2D eigenvalue weighted by Gasteiger charge is -2.36. The van der Waals surface area contributed by atoms with Gasteiger partial charge < -0.3 is 9.84 Å². The number of allylic oxidation sites excluding steroid dienone is 1. The molecule has 0 radical (unpaired) electrons. The minimum atomic E-state index is -0.0387. The Morgan fingerprint density at radius 2 is 1.73 bits per heavy atom. The highest BCUT2D eigenvalue weighted by Gasteiger charge is 2.30. The molecule has 0 aromatic carbocycles. The molecule has 0 amide bonds. The number of alkyl halides is 1. The average Bonchev–Trinajstić information content (AvgIpc) is 2.52. The van der Waals surface area contributed by atoms with E-state index in [1.807, 2.05) is 0 Å². The van der Waals surface area contributed by atoms with Gasteiger partial charge in [-0.25, -0.2) is 0 Å². The third kappa shape index (κ3) is 6.48. The molecule has 1 aliphatic carbocycles. The van der Waals surface area contributed by atoms with Crippen molar-refractivity contribution >= 4 is 22.6 Å². The van der Waals surface area contributed by atoms with Gasteiger partial charge in [0.25, 0.3) is 0 Å². The maximum absolute atomic E-state index is 9.63. The quantitative estimate of drug-likeness (QED) is 0.367. The zero-order valence-corrected chi connectivity index (χ0v) is 16.4. The van der Waals surface area contributed by atoms with Crippen LogP contribution in [0.1, 0.15) is 65.2 Å². The van der Waals surface area contributed by atoms with Crippen molar-refractivity contribution in [2.75, 3.05) is 6.61 Å². The molecule has 1 N–H and O–H groups in total. The van der Waals surface area contributed by atoms with Crippen molar-refractivity contribution in [3.63, 3.8) is 0 Å². The van der Waals surface area contributed by atoms with Gasteiger partial charge in [0.05, 0.1) is 18.8 Å². The summed E-state index contributed by atoms with van der Waals surface area (Å²) in [5.74, 6) is 2.19. The Labute approximate surface area is 150 Å². The molecular formula is C19H33IO2.